The van der Waals surface area contributed by atoms with Gasteiger partial charge in [-0.3, -0.25) is 9.63 Å². The van der Waals surface area contributed by atoms with Crippen molar-refractivity contribution in [2.75, 3.05) is 19.6 Å². The molecule has 3 N–H and O–H groups in total. The zero-order valence-electron chi connectivity index (χ0n) is 18.9. The van der Waals surface area contributed by atoms with Crippen LogP contribution in [0.3, 0.4) is 0 Å². The van der Waals surface area contributed by atoms with Crippen LogP contribution in [0, 0.1) is 0 Å². The maximum atomic E-state index is 12.6. The highest BCUT2D eigenvalue weighted by Crippen LogP contribution is 2.16. The first-order valence-corrected chi connectivity index (χ1v) is 11.2. The Labute approximate surface area is 185 Å². The fourth-order valence-corrected chi connectivity index (χ4v) is 3.83. The van der Waals surface area contributed by atoms with E-state index in [1.165, 1.54) is 0 Å². The van der Waals surface area contributed by atoms with Gasteiger partial charge >= 0.3 is 6.09 Å². The van der Waals surface area contributed by atoms with Crippen LogP contribution in [0.5, 0.6) is 0 Å². The molecule has 2 heterocycles. The molecule has 1 aromatic carbocycles. The number of hydroxylamine groups is 1. The van der Waals surface area contributed by atoms with Gasteiger partial charge in [0.05, 0.1) is 12.6 Å². The van der Waals surface area contributed by atoms with Crippen LogP contribution < -0.4 is 16.1 Å². The van der Waals surface area contributed by atoms with Gasteiger partial charge in [0, 0.05) is 31.7 Å². The lowest BCUT2D eigenvalue weighted by Gasteiger charge is -2.35. The Kier molecular flexibility index (Phi) is 8.28. The Hall–Kier alpha value is -2.16. The standard InChI is InChI=1S/C23H36N4O4/c1-23(2,3)31-22(29)27-13-11-18(12-14-27)25-21(28)20-10-9-19(15-24-20)26-30-16-17-7-5-4-6-8-17/h4-8,18-20,24,26H,9-16H2,1-3H3,(H,25,28)/t19-,20-/m1/s1. The van der Waals surface area contributed by atoms with E-state index in [-0.39, 0.29) is 30.1 Å². The van der Waals surface area contributed by atoms with Crippen molar-refractivity contribution < 1.29 is 19.2 Å². The summed E-state index contributed by atoms with van der Waals surface area (Å²) >= 11 is 0. The predicted octanol–water partition coefficient (Wildman–Crippen LogP) is 2.34. The summed E-state index contributed by atoms with van der Waals surface area (Å²) in [5, 5.41) is 6.46. The van der Waals surface area contributed by atoms with Gasteiger partial charge in [0.15, 0.2) is 0 Å². The summed E-state index contributed by atoms with van der Waals surface area (Å²) in [5.74, 6) is 0.0411. The first-order valence-electron chi connectivity index (χ1n) is 11.2. The lowest BCUT2D eigenvalue weighted by molar-refractivity contribution is -0.125. The molecule has 1 aromatic rings. The van der Waals surface area contributed by atoms with Crippen LogP contribution in [0.15, 0.2) is 30.3 Å². The summed E-state index contributed by atoms with van der Waals surface area (Å²) in [5.41, 5.74) is 3.73. The van der Waals surface area contributed by atoms with Gasteiger partial charge in [-0.2, -0.15) is 5.48 Å². The van der Waals surface area contributed by atoms with E-state index in [2.05, 4.69) is 16.1 Å². The largest absolute Gasteiger partial charge is 0.444 e. The highest BCUT2D eigenvalue weighted by Gasteiger charge is 2.30. The van der Waals surface area contributed by atoms with Crippen molar-refractivity contribution in [3.63, 3.8) is 0 Å². The number of nitrogens with one attached hydrogen (secondary N) is 3. The molecular formula is C23H36N4O4. The minimum Gasteiger partial charge on any atom is -0.444 e. The number of benzene rings is 1. The summed E-state index contributed by atoms with van der Waals surface area (Å²) < 4.78 is 5.43. The van der Waals surface area contributed by atoms with Crippen LogP contribution in [0.2, 0.25) is 0 Å². The maximum Gasteiger partial charge on any atom is 0.410 e. The van der Waals surface area contributed by atoms with Crippen molar-refractivity contribution in [2.24, 2.45) is 0 Å². The molecule has 0 aliphatic carbocycles. The van der Waals surface area contributed by atoms with E-state index in [0.717, 1.165) is 31.2 Å². The molecule has 0 spiro atoms. The molecule has 3 rings (SSSR count). The Balaban J connectivity index is 1.31. The molecule has 31 heavy (non-hydrogen) atoms. The predicted molar refractivity (Wildman–Crippen MR) is 118 cm³/mol. The third kappa shape index (κ3) is 7.79. The van der Waals surface area contributed by atoms with E-state index in [0.29, 0.717) is 26.2 Å². The zero-order chi connectivity index (χ0) is 22.3. The third-order valence-corrected chi connectivity index (χ3v) is 5.56. The number of hydrogen-bond donors (Lipinski definition) is 3. The van der Waals surface area contributed by atoms with E-state index in [4.69, 9.17) is 9.57 Å². The number of rotatable bonds is 6. The lowest BCUT2D eigenvalue weighted by Crippen LogP contribution is -2.56. The summed E-state index contributed by atoms with van der Waals surface area (Å²) in [6, 6.07) is 10.1. The summed E-state index contributed by atoms with van der Waals surface area (Å²) in [6.45, 7) is 8.00. The SMILES string of the molecule is CC(C)(C)OC(=O)N1CCC(NC(=O)[C@H]2CC[C@@H](NOCc3ccccc3)CN2)CC1. The van der Waals surface area contributed by atoms with Crippen LogP contribution in [-0.4, -0.2) is 60.3 Å². The number of piperidine rings is 2. The van der Waals surface area contributed by atoms with Gasteiger partial charge in [-0.05, 0) is 52.0 Å². The molecule has 0 radical (unpaired) electrons. The van der Waals surface area contributed by atoms with Gasteiger partial charge in [0.1, 0.15) is 5.60 Å². The molecule has 2 amide bonds. The van der Waals surface area contributed by atoms with Crippen molar-refractivity contribution in [2.45, 2.75) is 76.8 Å². The van der Waals surface area contributed by atoms with Crippen LogP contribution in [0.1, 0.15) is 52.0 Å². The van der Waals surface area contributed by atoms with Gasteiger partial charge in [-0.25, -0.2) is 4.79 Å². The highest BCUT2D eigenvalue weighted by molar-refractivity contribution is 5.82. The number of likely N-dealkylation sites (tertiary alicyclic amines) is 1. The fourth-order valence-electron chi connectivity index (χ4n) is 3.83. The molecule has 2 fully saturated rings. The molecule has 2 aliphatic rings. The van der Waals surface area contributed by atoms with Crippen LogP contribution >= 0.6 is 0 Å². The minimum atomic E-state index is -0.492. The monoisotopic (exact) mass is 432 g/mol. The van der Waals surface area contributed by atoms with E-state index in [1.807, 2.05) is 51.1 Å². The maximum absolute atomic E-state index is 12.6. The first-order chi connectivity index (χ1) is 14.8. The number of ether oxygens (including phenoxy) is 1. The van der Waals surface area contributed by atoms with Crippen molar-refractivity contribution >= 4 is 12.0 Å². The molecule has 172 valence electrons. The van der Waals surface area contributed by atoms with E-state index in [1.54, 1.807) is 4.90 Å². The van der Waals surface area contributed by atoms with Gasteiger partial charge in [0.25, 0.3) is 0 Å². The molecule has 2 aliphatic heterocycles. The molecule has 2 atom stereocenters. The van der Waals surface area contributed by atoms with Gasteiger partial charge in [-0.15, -0.1) is 0 Å². The Morgan fingerprint density at radius 3 is 2.39 bits per heavy atom. The fraction of sp³-hybridized carbons (Fsp3) is 0.652. The molecule has 0 unspecified atom stereocenters. The van der Waals surface area contributed by atoms with E-state index >= 15 is 0 Å². The Morgan fingerprint density at radius 1 is 1.06 bits per heavy atom. The second-order valence-corrected chi connectivity index (χ2v) is 9.38. The van der Waals surface area contributed by atoms with Crippen molar-refractivity contribution in [3.8, 4) is 0 Å². The summed E-state index contributed by atoms with van der Waals surface area (Å²) in [4.78, 5) is 32.1. The number of carbonyl (C=O) groups is 2. The van der Waals surface area contributed by atoms with Gasteiger partial charge < -0.3 is 20.3 Å². The van der Waals surface area contributed by atoms with E-state index < -0.39 is 5.60 Å². The molecule has 0 aromatic heterocycles. The van der Waals surface area contributed by atoms with Crippen molar-refractivity contribution in [3.05, 3.63) is 35.9 Å². The zero-order valence-corrected chi connectivity index (χ0v) is 18.9. The number of carbonyl (C=O) groups excluding carboxylic acids is 2. The first kappa shape index (κ1) is 23.5. The van der Waals surface area contributed by atoms with Crippen LogP contribution in [0.4, 0.5) is 4.79 Å². The average molecular weight is 433 g/mol. The molecule has 0 bridgehead atoms. The van der Waals surface area contributed by atoms with E-state index in [9.17, 15) is 9.59 Å². The smallest absolute Gasteiger partial charge is 0.410 e. The summed E-state index contributed by atoms with van der Waals surface area (Å²) in [6.07, 6.45) is 2.84. The second-order valence-electron chi connectivity index (χ2n) is 9.38. The quantitative estimate of drug-likeness (QED) is 0.598. The normalized spacial score (nSPS) is 22.7. The van der Waals surface area contributed by atoms with Crippen molar-refractivity contribution in [1.82, 2.24) is 21.0 Å². The third-order valence-electron chi connectivity index (χ3n) is 5.56. The Morgan fingerprint density at radius 2 is 1.77 bits per heavy atom. The summed E-state index contributed by atoms with van der Waals surface area (Å²) in [7, 11) is 0. The number of amides is 2. The molecular weight excluding hydrogens is 396 g/mol. The lowest BCUT2D eigenvalue weighted by atomic mass is 9.99. The molecule has 8 nitrogen and oxygen atoms in total. The highest BCUT2D eigenvalue weighted by atomic mass is 16.6. The molecule has 8 heteroatoms. The van der Waals surface area contributed by atoms with Gasteiger partial charge in [0.2, 0.25) is 5.91 Å². The van der Waals surface area contributed by atoms with Gasteiger partial charge in [-0.1, -0.05) is 30.3 Å². The molecule has 0 saturated carbocycles. The topological polar surface area (TPSA) is 91.9 Å². The molecule has 2 saturated heterocycles. The van der Waals surface area contributed by atoms with Crippen LogP contribution in [0.25, 0.3) is 0 Å². The Bertz CT molecular complexity index is 706. The number of nitrogens with zero attached hydrogens (tertiary/aromatic N) is 1. The average Bonchev–Trinajstić information content (AvgIpc) is 2.74. The second kappa shape index (κ2) is 10.9. The number of hydrogen-bond acceptors (Lipinski definition) is 6. The van der Waals surface area contributed by atoms with Crippen molar-refractivity contribution in [1.29, 1.82) is 0 Å². The minimum absolute atomic E-state index is 0.0411. The van der Waals surface area contributed by atoms with Crippen LogP contribution in [-0.2, 0) is 21.0 Å².